The van der Waals surface area contributed by atoms with E-state index < -0.39 is 0 Å². The van der Waals surface area contributed by atoms with Gasteiger partial charge in [0.1, 0.15) is 0 Å². The number of aromatic nitrogens is 2. The molecule has 0 bridgehead atoms. The van der Waals surface area contributed by atoms with Gasteiger partial charge in [-0.25, -0.2) is 0 Å². The molecule has 1 aliphatic rings. The van der Waals surface area contributed by atoms with E-state index in [1.54, 1.807) is 6.20 Å². The molecule has 0 atom stereocenters. The van der Waals surface area contributed by atoms with Crippen LogP contribution in [0.2, 0.25) is 0 Å². The summed E-state index contributed by atoms with van der Waals surface area (Å²) in [5, 5.41) is 3.96. The smallest absolute Gasteiger partial charge is 0.175 e. The molecule has 0 amide bonds. The maximum atomic E-state index is 5.97. The summed E-state index contributed by atoms with van der Waals surface area (Å²) in [7, 11) is 0. The van der Waals surface area contributed by atoms with E-state index in [9.17, 15) is 0 Å². The molecule has 0 aliphatic heterocycles. The zero-order valence-electron chi connectivity index (χ0n) is 10.5. The van der Waals surface area contributed by atoms with Crippen LogP contribution in [0.3, 0.4) is 0 Å². The molecule has 0 aromatic carbocycles. The summed E-state index contributed by atoms with van der Waals surface area (Å²) >= 11 is 0. The van der Waals surface area contributed by atoms with Crippen LogP contribution in [-0.4, -0.2) is 10.1 Å². The predicted octanol–water partition coefficient (Wildman–Crippen LogP) is 3.15. The molecule has 0 unspecified atom stereocenters. The van der Waals surface area contributed by atoms with Crippen LogP contribution in [0, 0.1) is 0 Å². The number of anilines is 1. The molecule has 4 nitrogen and oxygen atoms in total. The third-order valence-corrected chi connectivity index (χ3v) is 3.92. The van der Waals surface area contributed by atoms with Crippen LogP contribution in [0.5, 0.6) is 0 Å². The molecular weight excluding hydrogens is 226 g/mol. The van der Waals surface area contributed by atoms with Crippen molar-refractivity contribution < 1.29 is 4.52 Å². The fraction of sp³-hybridized carbons (Fsp3) is 0.429. The van der Waals surface area contributed by atoms with Gasteiger partial charge in [0.15, 0.2) is 11.6 Å². The Labute approximate surface area is 106 Å². The molecule has 2 aromatic rings. The first-order valence-corrected chi connectivity index (χ1v) is 6.37. The van der Waals surface area contributed by atoms with Crippen LogP contribution in [0.4, 0.5) is 5.82 Å². The second-order valence-corrected chi connectivity index (χ2v) is 5.28. The van der Waals surface area contributed by atoms with Crippen LogP contribution < -0.4 is 5.73 Å². The topological polar surface area (TPSA) is 64.9 Å². The molecule has 4 heteroatoms. The Bertz CT molecular complexity index is 541. The zero-order valence-corrected chi connectivity index (χ0v) is 10.5. The molecule has 1 aliphatic carbocycles. The summed E-state index contributed by atoms with van der Waals surface area (Å²) in [5.74, 6) is 1.39. The zero-order chi connectivity index (χ0) is 12.6. The highest BCUT2D eigenvalue weighted by Crippen LogP contribution is 2.46. The van der Waals surface area contributed by atoms with E-state index in [1.165, 1.54) is 12.8 Å². The quantitative estimate of drug-likeness (QED) is 0.880. The molecule has 0 radical (unpaired) electrons. The highest BCUT2D eigenvalue weighted by molar-refractivity contribution is 5.75. The maximum Gasteiger partial charge on any atom is 0.175 e. The number of rotatable bonds is 2. The van der Waals surface area contributed by atoms with E-state index in [0.29, 0.717) is 5.82 Å². The molecule has 3 rings (SSSR count). The standard InChI is InChI=1S/C14H17N3O/c1-14(6-2-3-7-14)12-11(13(15)17-18-12)10-5-4-8-16-9-10/h4-5,8-9H,2-3,6-7H2,1H3,(H2,15,17). The van der Waals surface area contributed by atoms with Crippen molar-refractivity contribution in [3.63, 3.8) is 0 Å². The van der Waals surface area contributed by atoms with Gasteiger partial charge in [-0.3, -0.25) is 4.98 Å². The van der Waals surface area contributed by atoms with Crippen LogP contribution in [0.25, 0.3) is 11.1 Å². The van der Waals surface area contributed by atoms with Gasteiger partial charge in [0.25, 0.3) is 0 Å². The van der Waals surface area contributed by atoms with E-state index >= 15 is 0 Å². The van der Waals surface area contributed by atoms with Crippen LogP contribution in [0.15, 0.2) is 29.0 Å². The second-order valence-electron chi connectivity index (χ2n) is 5.28. The summed E-state index contributed by atoms with van der Waals surface area (Å²) in [6.45, 7) is 2.24. The van der Waals surface area contributed by atoms with Crippen molar-refractivity contribution in [3.8, 4) is 11.1 Å². The molecule has 1 fully saturated rings. The molecule has 0 spiro atoms. The number of nitrogens with zero attached hydrogens (tertiary/aromatic N) is 2. The van der Waals surface area contributed by atoms with Gasteiger partial charge in [0.05, 0.1) is 5.56 Å². The van der Waals surface area contributed by atoms with Gasteiger partial charge >= 0.3 is 0 Å². The van der Waals surface area contributed by atoms with Gasteiger partial charge in [0.2, 0.25) is 0 Å². The minimum Gasteiger partial charge on any atom is -0.380 e. The van der Waals surface area contributed by atoms with E-state index in [4.69, 9.17) is 10.3 Å². The number of nitrogen functional groups attached to an aromatic ring is 1. The molecular formula is C14H17N3O. The summed E-state index contributed by atoms with van der Waals surface area (Å²) < 4.78 is 5.53. The van der Waals surface area contributed by atoms with Crippen molar-refractivity contribution in [2.75, 3.05) is 5.73 Å². The Balaban J connectivity index is 2.12. The lowest BCUT2D eigenvalue weighted by Gasteiger charge is -2.21. The Kier molecular flexibility index (Phi) is 2.58. The lowest BCUT2D eigenvalue weighted by atomic mass is 9.82. The van der Waals surface area contributed by atoms with E-state index in [-0.39, 0.29) is 5.41 Å². The summed E-state index contributed by atoms with van der Waals surface area (Å²) in [5.41, 5.74) is 7.94. The highest BCUT2D eigenvalue weighted by Gasteiger charge is 2.37. The van der Waals surface area contributed by atoms with Gasteiger partial charge < -0.3 is 10.3 Å². The van der Waals surface area contributed by atoms with Crippen LogP contribution >= 0.6 is 0 Å². The van der Waals surface area contributed by atoms with Crippen molar-refractivity contribution in [1.82, 2.24) is 10.1 Å². The van der Waals surface area contributed by atoms with Gasteiger partial charge in [-0.2, -0.15) is 0 Å². The number of hydrogen-bond donors (Lipinski definition) is 1. The van der Waals surface area contributed by atoms with E-state index in [0.717, 1.165) is 29.7 Å². The average molecular weight is 243 g/mol. The first-order chi connectivity index (χ1) is 8.71. The van der Waals surface area contributed by atoms with Crippen LogP contribution in [0.1, 0.15) is 38.4 Å². The summed E-state index contributed by atoms with van der Waals surface area (Å²) in [4.78, 5) is 4.15. The monoisotopic (exact) mass is 243 g/mol. The Morgan fingerprint density at radius 2 is 2.11 bits per heavy atom. The maximum absolute atomic E-state index is 5.97. The van der Waals surface area contributed by atoms with Crippen molar-refractivity contribution in [3.05, 3.63) is 30.3 Å². The Hall–Kier alpha value is -1.84. The van der Waals surface area contributed by atoms with Gasteiger partial charge in [-0.05, 0) is 18.9 Å². The van der Waals surface area contributed by atoms with E-state index in [1.807, 2.05) is 18.3 Å². The third-order valence-electron chi connectivity index (χ3n) is 3.92. The van der Waals surface area contributed by atoms with Gasteiger partial charge in [-0.15, -0.1) is 0 Å². The minimum absolute atomic E-state index is 0.0653. The molecule has 2 N–H and O–H groups in total. The molecule has 1 saturated carbocycles. The Morgan fingerprint density at radius 1 is 1.33 bits per heavy atom. The molecule has 2 heterocycles. The third kappa shape index (κ3) is 1.68. The molecule has 18 heavy (non-hydrogen) atoms. The molecule has 2 aromatic heterocycles. The van der Waals surface area contributed by atoms with E-state index in [2.05, 4.69) is 17.1 Å². The fourth-order valence-electron chi connectivity index (χ4n) is 2.89. The summed E-state index contributed by atoms with van der Waals surface area (Å²) in [6.07, 6.45) is 8.31. The van der Waals surface area contributed by atoms with Crippen molar-refractivity contribution in [1.29, 1.82) is 0 Å². The Morgan fingerprint density at radius 3 is 2.78 bits per heavy atom. The van der Waals surface area contributed by atoms with Gasteiger partial charge in [0, 0.05) is 23.4 Å². The lowest BCUT2D eigenvalue weighted by Crippen LogP contribution is -2.17. The normalized spacial score (nSPS) is 18.1. The molecule has 94 valence electrons. The highest BCUT2D eigenvalue weighted by atomic mass is 16.5. The SMILES string of the molecule is CC1(c2onc(N)c2-c2cccnc2)CCCC1. The summed E-state index contributed by atoms with van der Waals surface area (Å²) in [6, 6.07) is 3.90. The fourth-order valence-corrected chi connectivity index (χ4v) is 2.89. The second kappa shape index (κ2) is 4.12. The van der Waals surface area contributed by atoms with Crippen LogP contribution in [-0.2, 0) is 5.41 Å². The predicted molar refractivity (Wildman–Crippen MR) is 70.0 cm³/mol. The first-order valence-electron chi connectivity index (χ1n) is 6.37. The van der Waals surface area contributed by atoms with Crippen molar-refractivity contribution >= 4 is 5.82 Å². The van der Waals surface area contributed by atoms with Gasteiger partial charge in [-0.1, -0.05) is 31.0 Å². The average Bonchev–Trinajstić information content (AvgIpc) is 2.98. The number of pyridine rings is 1. The number of nitrogens with two attached hydrogens (primary N) is 1. The lowest BCUT2D eigenvalue weighted by molar-refractivity contribution is 0.307. The molecule has 0 saturated heterocycles. The largest absolute Gasteiger partial charge is 0.380 e. The number of hydrogen-bond acceptors (Lipinski definition) is 4. The first kappa shape index (κ1) is 11.3. The minimum atomic E-state index is 0.0653. The van der Waals surface area contributed by atoms with Crippen molar-refractivity contribution in [2.45, 2.75) is 38.0 Å². The van der Waals surface area contributed by atoms with Crippen molar-refractivity contribution in [2.24, 2.45) is 0 Å².